The molecule has 2 N–H and O–H groups in total. The lowest BCUT2D eigenvalue weighted by Crippen LogP contribution is -2.50. The molecule has 1 heterocycles. The summed E-state index contributed by atoms with van der Waals surface area (Å²) in [5.74, 6) is -0.495. The van der Waals surface area contributed by atoms with E-state index in [0.29, 0.717) is 23.4 Å². The van der Waals surface area contributed by atoms with Crippen molar-refractivity contribution in [2.45, 2.75) is 31.9 Å². The Kier molecular flexibility index (Phi) is 2.78. The van der Waals surface area contributed by atoms with Crippen LogP contribution in [0.5, 0.6) is 0 Å². The fraction of sp³-hybridized carbons (Fsp3) is 0.429. The smallest absolute Gasteiger partial charge is 0.263 e. The SMILES string of the molecule is CCOC1CC(N2C(=O)c3cccc(N)c3C2=O)C1. The number of anilines is 1. The van der Waals surface area contributed by atoms with Crippen LogP contribution in [0.2, 0.25) is 0 Å². The highest BCUT2D eigenvalue weighted by molar-refractivity contribution is 6.23. The number of nitrogen functional groups attached to an aromatic ring is 1. The van der Waals surface area contributed by atoms with Crippen LogP contribution in [0.25, 0.3) is 0 Å². The van der Waals surface area contributed by atoms with Crippen molar-refractivity contribution in [2.24, 2.45) is 0 Å². The summed E-state index contributed by atoms with van der Waals surface area (Å²) in [6.45, 7) is 2.60. The molecule has 100 valence electrons. The van der Waals surface area contributed by atoms with Crippen molar-refractivity contribution in [3.63, 3.8) is 0 Å². The van der Waals surface area contributed by atoms with Crippen molar-refractivity contribution in [2.75, 3.05) is 12.3 Å². The second-order valence-corrected chi connectivity index (χ2v) is 4.95. The van der Waals surface area contributed by atoms with Gasteiger partial charge >= 0.3 is 0 Å². The number of imide groups is 1. The van der Waals surface area contributed by atoms with Crippen molar-refractivity contribution >= 4 is 17.5 Å². The van der Waals surface area contributed by atoms with Crippen LogP contribution in [0.3, 0.4) is 0 Å². The second kappa shape index (κ2) is 4.35. The third-order valence-electron chi connectivity index (χ3n) is 3.82. The topological polar surface area (TPSA) is 72.6 Å². The summed E-state index contributed by atoms with van der Waals surface area (Å²) < 4.78 is 5.46. The van der Waals surface area contributed by atoms with Crippen LogP contribution < -0.4 is 5.73 Å². The minimum atomic E-state index is -0.266. The molecule has 0 bridgehead atoms. The maximum Gasteiger partial charge on any atom is 0.263 e. The normalized spacial score (nSPS) is 25.4. The number of ether oxygens (including phenoxy) is 1. The molecule has 1 aromatic rings. The predicted molar refractivity (Wildman–Crippen MR) is 69.8 cm³/mol. The zero-order chi connectivity index (χ0) is 13.6. The van der Waals surface area contributed by atoms with E-state index in [1.807, 2.05) is 6.92 Å². The maximum absolute atomic E-state index is 12.3. The molecule has 0 unspecified atom stereocenters. The van der Waals surface area contributed by atoms with Gasteiger partial charge in [-0.1, -0.05) is 6.07 Å². The van der Waals surface area contributed by atoms with E-state index in [1.165, 1.54) is 4.90 Å². The predicted octanol–water partition coefficient (Wildman–Crippen LogP) is 1.43. The number of nitrogens with zero attached hydrogens (tertiary/aromatic N) is 1. The van der Waals surface area contributed by atoms with E-state index in [9.17, 15) is 9.59 Å². The Morgan fingerprint density at radius 2 is 2.05 bits per heavy atom. The number of rotatable bonds is 3. The number of hydrogen-bond donors (Lipinski definition) is 1. The molecule has 5 heteroatoms. The molecule has 2 amide bonds. The van der Waals surface area contributed by atoms with Gasteiger partial charge in [-0.25, -0.2) is 0 Å². The maximum atomic E-state index is 12.3. The van der Waals surface area contributed by atoms with Gasteiger partial charge in [-0.3, -0.25) is 14.5 Å². The molecule has 0 aromatic heterocycles. The Morgan fingerprint density at radius 3 is 2.68 bits per heavy atom. The first-order chi connectivity index (χ1) is 9.13. The van der Waals surface area contributed by atoms with Gasteiger partial charge in [0.1, 0.15) is 0 Å². The molecule has 2 aliphatic rings. The molecule has 3 rings (SSSR count). The van der Waals surface area contributed by atoms with E-state index < -0.39 is 0 Å². The molecule has 0 atom stereocenters. The van der Waals surface area contributed by atoms with Crippen LogP contribution in [0.1, 0.15) is 40.5 Å². The molecule has 1 aromatic carbocycles. The largest absolute Gasteiger partial charge is 0.398 e. The first kappa shape index (κ1) is 12.2. The zero-order valence-corrected chi connectivity index (χ0v) is 10.8. The lowest BCUT2D eigenvalue weighted by atomic mass is 9.88. The molecule has 1 saturated carbocycles. The third-order valence-corrected chi connectivity index (χ3v) is 3.82. The van der Waals surface area contributed by atoms with Crippen molar-refractivity contribution in [1.29, 1.82) is 0 Å². The number of fused-ring (bicyclic) bond motifs is 1. The van der Waals surface area contributed by atoms with E-state index >= 15 is 0 Å². The van der Waals surface area contributed by atoms with Crippen LogP contribution in [-0.4, -0.2) is 35.5 Å². The van der Waals surface area contributed by atoms with Gasteiger partial charge in [0.25, 0.3) is 11.8 Å². The summed E-state index contributed by atoms with van der Waals surface area (Å²) in [6.07, 6.45) is 1.61. The quantitative estimate of drug-likeness (QED) is 0.659. The van der Waals surface area contributed by atoms with Crippen molar-refractivity contribution < 1.29 is 14.3 Å². The molecule has 1 fully saturated rings. The highest BCUT2D eigenvalue weighted by Gasteiger charge is 2.46. The van der Waals surface area contributed by atoms with Gasteiger partial charge in [0, 0.05) is 18.3 Å². The fourth-order valence-electron chi connectivity index (χ4n) is 2.78. The first-order valence-electron chi connectivity index (χ1n) is 6.51. The number of benzene rings is 1. The Labute approximate surface area is 111 Å². The second-order valence-electron chi connectivity index (χ2n) is 4.95. The first-order valence-corrected chi connectivity index (χ1v) is 6.51. The number of nitrogens with two attached hydrogens (primary N) is 1. The van der Waals surface area contributed by atoms with E-state index in [-0.39, 0.29) is 24.0 Å². The van der Waals surface area contributed by atoms with Crippen LogP contribution in [-0.2, 0) is 4.74 Å². The lowest BCUT2D eigenvalue weighted by Gasteiger charge is -2.39. The van der Waals surface area contributed by atoms with Crippen LogP contribution >= 0.6 is 0 Å². The van der Waals surface area contributed by atoms with Crippen LogP contribution in [0, 0.1) is 0 Å². The van der Waals surface area contributed by atoms with Gasteiger partial charge in [0.05, 0.1) is 17.2 Å². The highest BCUT2D eigenvalue weighted by Crippen LogP contribution is 2.36. The number of carbonyl (C=O) groups is 2. The van der Waals surface area contributed by atoms with Gasteiger partial charge in [-0.05, 0) is 31.9 Å². The highest BCUT2D eigenvalue weighted by atomic mass is 16.5. The van der Waals surface area contributed by atoms with Crippen molar-refractivity contribution in [3.05, 3.63) is 29.3 Å². The molecular formula is C14H16N2O3. The van der Waals surface area contributed by atoms with Gasteiger partial charge < -0.3 is 10.5 Å². The van der Waals surface area contributed by atoms with Gasteiger partial charge in [0.2, 0.25) is 0 Å². The van der Waals surface area contributed by atoms with E-state index in [2.05, 4.69) is 0 Å². The van der Waals surface area contributed by atoms with E-state index in [0.717, 1.165) is 12.8 Å². The minimum Gasteiger partial charge on any atom is -0.398 e. The van der Waals surface area contributed by atoms with E-state index in [4.69, 9.17) is 10.5 Å². The Morgan fingerprint density at radius 1 is 1.32 bits per heavy atom. The van der Waals surface area contributed by atoms with Gasteiger partial charge in [-0.15, -0.1) is 0 Å². The standard InChI is InChI=1S/C14H16N2O3/c1-2-19-9-6-8(7-9)16-13(17)10-4-3-5-11(15)12(10)14(16)18/h3-5,8-9H,2,6-7,15H2,1H3. The lowest BCUT2D eigenvalue weighted by molar-refractivity contribution is -0.0330. The summed E-state index contributed by atoms with van der Waals surface area (Å²) in [5, 5.41) is 0. The summed E-state index contributed by atoms with van der Waals surface area (Å²) in [7, 11) is 0. The fourth-order valence-corrected chi connectivity index (χ4v) is 2.78. The summed E-state index contributed by atoms with van der Waals surface area (Å²) in [5.41, 5.74) is 6.95. The average Bonchev–Trinajstić information content (AvgIpc) is 2.58. The van der Waals surface area contributed by atoms with Crippen LogP contribution in [0.4, 0.5) is 5.69 Å². The number of carbonyl (C=O) groups excluding carboxylic acids is 2. The average molecular weight is 260 g/mol. The summed E-state index contributed by atoms with van der Waals surface area (Å²) in [6, 6.07) is 4.96. The Hall–Kier alpha value is -1.88. The molecule has 0 saturated heterocycles. The Balaban J connectivity index is 1.82. The number of hydrogen-bond acceptors (Lipinski definition) is 4. The van der Waals surface area contributed by atoms with Crippen molar-refractivity contribution in [3.8, 4) is 0 Å². The molecule has 19 heavy (non-hydrogen) atoms. The molecule has 0 radical (unpaired) electrons. The summed E-state index contributed by atoms with van der Waals surface area (Å²) >= 11 is 0. The van der Waals surface area contributed by atoms with Crippen molar-refractivity contribution in [1.82, 2.24) is 4.90 Å². The van der Waals surface area contributed by atoms with Gasteiger partial charge in [0.15, 0.2) is 0 Å². The number of amides is 2. The molecular weight excluding hydrogens is 244 g/mol. The monoisotopic (exact) mass is 260 g/mol. The van der Waals surface area contributed by atoms with Gasteiger partial charge in [-0.2, -0.15) is 0 Å². The van der Waals surface area contributed by atoms with E-state index in [1.54, 1.807) is 18.2 Å². The molecule has 1 aliphatic heterocycles. The Bertz CT molecular complexity index is 550. The molecule has 1 aliphatic carbocycles. The minimum absolute atomic E-state index is 0.0525. The third kappa shape index (κ3) is 1.73. The zero-order valence-electron chi connectivity index (χ0n) is 10.8. The molecule has 5 nitrogen and oxygen atoms in total. The summed E-state index contributed by atoms with van der Waals surface area (Å²) in [4.78, 5) is 25.9. The molecule has 0 spiro atoms. The van der Waals surface area contributed by atoms with Crippen LogP contribution in [0.15, 0.2) is 18.2 Å².